The standard InChI is InChI=1S/C27H22N2O4/c1-17(30)20-12-14-21(15-13-20)29(18(2)31)25-24(28-16-19-8-4-3-5-9-19)26(32)22-10-6-7-11-23(22)27(25)33/h3-15,28H,16H2,1-2H3. The van der Waals surface area contributed by atoms with Gasteiger partial charge in [0.15, 0.2) is 5.78 Å². The van der Waals surface area contributed by atoms with Crippen molar-refractivity contribution in [1.29, 1.82) is 0 Å². The molecule has 1 N–H and O–H groups in total. The van der Waals surface area contributed by atoms with Crippen LogP contribution in [0.3, 0.4) is 0 Å². The molecule has 3 aromatic carbocycles. The Morgan fingerprint density at radius 1 is 0.758 bits per heavy atom. The number of nitrogens with zero attached hydrogens (tertiary/aromatic N) is 1. The van der Waals surface area contributed by atoms with Crippen LogP contribution in [0, 0.1) is 0 Å². The fraction of sp³-hybridized carbons (Fsp3) is 0.111. The van der Waals surface area contributed by atoms with Gasteiger partial charge in [0.1, 0.15) is 11.4 Å². The van der Waals surface area contributed by atoms with E-state index < -0.39 is 11.7 Å². The summed E-state index contributed by atoms with van der Waals surface area (Å²) >= 11 is 0. The number of ketones is 3. The molecule has 0 aromatic heterocycles. The van der Waals surface area contributed by atoms with Gasteiger partial charge >= 0.3 is 0 Å². The summed E-state index contributed by atoms with van der Waals surface area (Å²) < 4.78 is 0. The summed E-state index contributed by atoms with van der Waals surface area (Å²) in [5.74, 6) is -1.33. The van der Waals surface area contributed by atoms with Crippen LogP contribution in [-0.2, 0) is 11.3 Å². The normalized spacial score (nSPS) is 12.9. The minimum Gasteiger partial charge on any atom is -0.376 e. The van der Waals surface area contributed by atoms with E-state index in [1.807, 2.05) is 30.3 Å². The van der Waals surface area contributed by atoms with Crippen LogP contribution in [-0.4, -0.2) is 23.3 Å². The number of carbonyl (C=O) groups is 4. The van der Waals surface area contributed by atoms with E-state index in [-0.39, 0.29) is 34.1 Å². The van der Waals surface area contributed by atoms with Crippen molar-refractivity contribution in [3.8, 4) is 0 Å². The number of Topliss-reactive ketones (excluding diaryl/α,β-unsaturated/α-hetero) is 3. The molecule has 1 aliphatic rings. The predicted molar refractivity (Wildman–Crippen MR) is 125 cm³/mol. The van der Waals surface area contributed by atoms with Gasteiger partial charge in [0.25, 0.3) is 0 Å². The van der Waals surface area contributed by atoms with Crippen molar-refractivity contribution in [2.45, 2.75) is 20.4 Å². The fourth-order valence-corrected chi connectivity index (χ4v) is 3.84. The van der Waals surface area contributed by atoms with E-state index in [0.717, 1.165) is 5.56 Å². The largest absolute Gasteiger partial charge is 0.376 e. The maximum Gasteiger partial charge on any atom is 0.228 e. The van der Waals surface area contributed by atoms with Gasteiger partial charge in [-0.1, -0.05) is 54.6 Å². The Hall–Kier alpha value is -4.32. The summed E-state index contributed by atoms with van der Waals surface area (Å²) in [5, 5.41) is 3.11. The smallest absolute Gasteiger partial charge is 0.228 e. The number of fused-ring (bicyclic) bond motifs is 1. The number of rotatable bonds is 6. The molecule has 6 heteroatoms. The van der Waals surface area contributed by atoms with Crippen LogP contribution in [0.5, 0.6) is 0 Å². The Morgan fingerprint density at radius 2 is 1.33 bits per heavy atom. The first-order valence-electron chi connectivity index (χ1n) is 10.5. The maximum atomic E-state index is 13.6. The summed E-state index contributed by atoms with van der Waals surface area (Å²) in [6, 6.07) is 22.4. The number of anilines is 1. The molecule has 0 saturated carbocycles. The van der Waals surface area contributed by atoms with Gasteiger partial charge in [-0.25, -0.2) is 0 Å². The van der Waals surface area contributed by atoms with Crippen molar-refractivity contribution in [2.24, 2.45) is 0 Å². The lowest BCUT2D eigenvalue weighted by Crippen LogP contribution is -2.40. The van der Waals surface area contributed by atoms with Gasteiger partial charge in [0.05, 0.1) is 0 Å². The van der Waals surface area contributed by atoms with Gasteiger partial charge in [-0.05, 0) is 36.8 Å². The van der Waals surface area contributed by atoms with Crippen molar-refractivity contribution < 1.29 is 19.2 Å². The van der Waals surface area contributed by atoms with Gasteiger partial charge in [0.2, 0.25) is 17.5 Å². The molecule has 0 bridgehead atoms. The number of carbonyl (C=O) groups excluding carboxylic acids is 4. The highest BCUT2D eigenvalue weighted by Gasteiger charge is 2.37. The Labute approximate surface area is 191 Å². The van der Waals surface area contributed by atoms with Crippen LogP contribution in [0.15, 0.2) is 90.3 Å². The zero-order valence-corrected chi connectivity index (χ0v) is 18.3. The number of hydrogen-bond donors (Lipinski definition) is 1. The first-order chi connectivity index (χ1) is 15.9. The van der Waals surface area contributed by atoms with E-state index in [1.54, 1.807) is 48.5 Å². The van der Waals surface area contributed by atoms with Crippen molar-refractivity contribution in [3.05, 3.63) is 113 Å². The third-order valence-electron chi connectivity index (χ3n) is 5.48. The summed E-state index contributed by atoms with van der Waals surface area (Å²) in [7, 11) is 0. The van der Waals surface area contributed by atoms with E-state index in [0.29, 0.717) is 17.8 Å². The summed E-state index contributed by atoms with van der Waals surface area (Å²) in [6.45, 7) is 3.08. The van der Waals surface area contributed by atoms with Crippen molar-refractivity contribution in [3.63, 3.8) is 0 Å². The summed E-state index contributed by atoms with van der Waals surface area (Å²) in [5.41, 5.74) is 2.36. The van der Waals surface area contributed by atoms with Crippen LogP contribution in [0.1, 0.15) is 50.5 Å². The van der Waals surface area contributed by atoms with Crippen molar-refractivity contribution >= 4 is 28.9 Å². The highest BCUT2D eigenvalue weighted by Crippen LogP contribution is 2.31. The van der Waals surface area contributed by atoms with Crippen molar-refractivity contribution in [2.75, 3.05) is 4.90 Å². The number of hydrogen-bond acceptors (Lipinski definition) is 5. The first-order valence-corrected chi connectivity index (χ1v) is 10.5. The quantitative estimate of drug-likeness (QED) is 0.580. The molecule has 4 rings (SSSR count). The third-order valence-corrected chi connectivity index (χ3v) is 5.48. The molecule has 1 aliphatic carbocycles. The van der Waals surface area contributed by atoms with Crippen LogP contribution in [0.4, 0.5) is 5.69 Å². The molecule has 33 heavy (non-hydrogen) atoms. The predicted octanol–water partition coefficient (Wildman–Crippen LogP) is 4.32. The maximum absolute atomic E-state index is 13.6. The molecule has 0 unspecified atom stereocenters. The molecular formula is C27H22N2O4. The van der Waals surface area contributed by atoms with Gasteiger partial charge in [-0.2, -0.15) is 0 Å². The molecule has 6 nitrogen and oxygen atoms in total. The second-order valence-corrected chi connectivity index (χ2v) is 7.72. The van der Waals surface area contributed by atoms with Gasteiger partial charge in [-0.15, -0.1) is 0 Å². The molecule has 164 valence electrons. The van der Waals surface area contributed by atoms with E-state index >= 15 is 0 Å². The van der Waals surface area contributed by atoms with Gasteiger partial charge in [0, 0.05) is 35.8 Å². The van der Waals surface area contributed by atoms with Crippen molar-refractivity contribution in [1.82, 2.24) is 5.32 Å². The first kappa shape index (κ1) is 21.9. The molecule has 0 spiro atoms. The topological polar surface area (TPSA) is 83.6 Å². The number of benzene rings is 3. The molecule has 1 amide bonds. The van der Waals surface area contributed by atoms with E-state index in [2.05, 4.69) is 5.32 Å². The Balaban J connectivity index is 1.85. The monoisotopic (exact) mass is 438 g/mol. The van der Waals surface area contributed by atoms with Crippen LogP contribution in [0.2, 0.25) is 0 Å². The second kappa shape index (κ2) is 9.04. The number of amides is 1. The average Bonchev–Trinajstić information content (AvgIpc) is 2.82. The lowest BCUT2D eigenvalue weighted by Gasteiger charge is -2.29. The Kier molecular flexibility index (Phi) is 6.00. The fourth-order valence-electron chi connectivity index (χ4n) is 3.84. The molecule has 0 radical (unpaired) electrons. The van der Waals surface area contributed by atoms with Crippen LogP contribution in [0.25, 0.3) is 0 Å². The van der Waals surface area contributed by atoms with E-state index in [4.69, 9.17) is 0 Å². The number of allylic oxidation sites excluding steroid dienone is 2. The Morgan fingerprint density at radius 3 is 1.91 bits per heavy atom. The molecule has 0 heterocycles. The zero-order valence-electron chi connectivity index (χ0n) is 18.3. The minimum absolute atomic E-state index is 0.0299. The third kappa shape index (κ3) is 4.23. The Bertz CT molecular complexity index is 1290. The zero-order chi connectivity index (χ0) is 23.5. The molecule has 0 fully saturated rings. The molecule has 0 aliphatic heterocycles. The van der Waals surface area contributed by atoms with E-state index in [9.17, 15) is 19.2 Å². The summed E-state index contributed by atoms with van der Waals surface area (Å²) in [4.78, 5) is 52.7. The highest BCUT2D eigenvalue weighted by molar-refractivity contribution is 6.29. The van der Waals surface area contributed by atoms with Crippen LogP contribution >= 0.6 is 0 Å². The lowest BCUT2D eigenvalue weighted by molar-refractivity contribution is -0.116. The SMILES string of the molecule is CC(=O)c1ccc(N(C(C)=O)C2=C(NCc3ccccc3)C(=O)c3ccccc3C2=O)cc1. The average molecular weight is 438 g/mol. The molecule has 0 atom stereocenters. The van der Waals surface area contributed by atoms with E-state index in [1.165, 1.54) is 18.7 Å². The molecule has 0 saturated heterocycles. The lowest BCUT2D eigenvalue weighted by atomic mass is 9.89. The molecular weight excluding hydrogens is 416 g/mol. The van der Waals surface area contributed by atoms with Gasteiger partial charge in [-0.3, -0.25) is 24.1 Å². The van der Waals surface area contributed by atoms with Crippen LogP contribution < -0.4 is 10.2 Å². The summed E-state index contributed by atoms with van der Waals surface area (Å²) in [6.07, 6.45) is 0. The highest BCUT2D eigenvalue weighted by atomic mass is 16.2. The second-order valence-electron chi connectivity index (χ2n) is 7.72. The minimum atomic E-state index is -0.430. The number of nitrogens with one attached hydrogen (secondary N) is 1. The van der Waals surface area contributed by atoms with Gasteiger partial charge < -0.3 is 5.32 Å². The molecule has 3 aromatic rings.